The van der Waals surface area contributed by atoms with Crippen LogP contribution in [-0.2, 0) is 0 Å². The van der Waals surface area contributed by atoms with E-state index in [2.05, 4.69) is 10.9 Å². The van der Waals surface area contributed by atoms with Gasteiger partial charge in [-0.25, -0.2) is 0 Å². The molecule has 0 radical (unpaired) electrons. The van der Waals surface area contributed by atoms with Crippen LogP contribution in [0.4, 0.5) is 11.4 Å². The fraction of sp³-hybridized carbons (Fsp3) is 0. The van der Waals surface area contributed by atoms with Crippen molar-refractivity contribution in [3.8, 4) is 0 Å². The average molecular weight is 292 g/mol. The highest BCUT2D eigenvalue weighted by Gasteiger charge is 2.06. The number of hydrogen-bond donors (Lipinski definition) is 2. The van der Waals surface area contributed by atoms with Crippen LogP contribution in [0.3, 0.4) is 0 Å². The normalized spacial score (nSPS) is 9.85. The molecule has 7 heteroatoms. The van der Waals surface area contributed by atoms with Gasteiger partial charge in [0.25, 0.3) is 11.6 Å². The molecule has 2 rings (SSSR count). The number of hydrazine groups is 1. The van der Waals surface area contributed by atoms with Crippen LogP contribution in [0.25, 0.3) is 0 Å². The number of nitrogens with zero attached hydrogens (tertiary/aromatic N) is 1. The van der Waals surface area contributed by atoms with Crippen molar-refractivity contribution in [1.82, 2.24) is 5.43 Å². The van der Waals surface area contributed by atoms with Gasteiger partial charge in [0.1, 0.15) is 0 Å². The molecule has 0 aliphatic heterocycles. The first-order chi connectivity index (χ1) is 9.56. The molecule has 2 N–H and O–H groups in total. The quantitative estimate of drug-likeness (QED) is 0.670. The average Bonchev–Trinajstić information content (AvgIpc) is 2.46. The van der Waals surface area contributed by atoms with Gasteiger partial charge >= 0.3 is 0 Å². The van der Waals surface area contributed by atoms with Gasteiger partial charge in [0, 0.05) is 22.7 Å². The molecule has 1 amide bonds. The molecule has 20 heavy (non-hydrogen) atoms. The number of halogens is 1. The highest BCUT2D eigenvalue weighted by Crippen LogP contribution is 2.15. The van der Waals surface area contributed by atoms with E-state index in [4.69, 9.17) is 11.6 Å². The third-order valence-corrected chi connectivity index (χ3v) is 2.76. The number of nitro groups is 1. The number of anilines is 1. The summed E-state index contributed by atoms with van der Waals surface area (Å²) >= 11 is 5.73. The molecule has 0 aromatic heterocycles. The summed E-state index contributed by atoms with van der Waals surface area (Å²) in [4.78, 5) is 21.8. The summed E-state index contributed by atoms with van der Waals surface area (Å²) in [6.07, 6.45) is 0. The maximum absolute atomic E-state index is 11.8. The second kappa shape index (κ2) is 6.03. The Labute approximate surface area is 119 Å². The molecule has 2 aromatic rings. The molecule has 2 aromatic carbocycles. The molecule has 0 aliphatic carbocycles. The second-order valence-corrected chi connectivity index (χ2v) is 4.33. The largest absolute Gasteiger partial charge is 0.298 e. The first kappa shape index (κ1) is 13.8. The lowest BCUT2D eigenvalue weighted by molar-refractivity contribution is -0.384. The Morgan fingerprint density at radius 2 is 1.65 bits per heavy atom. The summed E-state index contributed by atoms with van der Waals surface area (Å²) in [5, 5.41) is 11.0. The molecule has 0 spiro atoms. The number of amides is 1. The van der Waals surface area contributed by atoms with E-state index in [1.807, 2.05) is 0 Å². The third-order valence-electron chi connectivity index (χ3n) is 2.50. The molecular weight excluding hydrogens is 282 g/mol. The molecule has 0 atom stereocenters. The summed E-state index contributed by atoms with van der Waals surface area (Å²) in [6.45, 7) is 0. The predicted octanol–water partition coefficient (Wildman–Crippen LogP) is 3.01. The Hall–Kier alpha value is -2.60. The number of non-ortho nitro benzene ring substituents is 1. The van der Waals surface area contributed by atoms with Crippen molar-refractivity contribution in [3.63, 3.8) is 0 Å². The van der Waals surface area contributed by atoms with E-state index < -0.39 is 4.92 Å². The zero-order chi connectivity index (χ0) is 14.5. The minimum Gasteiger partial charge on any atom is -0.298 e. The topological polar surface area (TPSA) is 84.3 Å². The number of hydrogen-bond acceptors (Lipinski definition) is 4. The van der Waals surface area contributed by atoms with Crippen LogP contribution in [0, 0.1) is 10.1 Å². The maximum atomic E-state index is 11.8. The van der Waals surface area contributed by atoms with E-state index in [-0.39, 0.29) is 11.6 Å². The second-order valence-electron chi connectivity index (χ2n) is 3.89. The molecule has 0 unspecified atom stereocenters. The number of rotatable bonds is 4. The number of nitrogens with one attached hydrogen (secondary N) is 2. The van der Waals surface area contributed by atoms with Crippen molar-refractivity contribution in [2.45, 2.75) is 0 Å². The van der Waals surface area contributed by atoms with Gasteiger partial charge in [0.15, 0.2) is 0 Å². The zero-order valence-corrected chi connectivity index (χ0v) is 10.9. The number of benzene rings is 2. The fourth-order valence-electron chi connectivity index (χ4n) is 1.47. The van der Waals surface area contributed by atoms with Gasteiger partial charge in [-0.1, -0.05) is 11.6 Å². The minimum absolute atomic E-state index is 0.0143. The molecule has 6 nitrogen and oxygen atoms in total. The van der Waals surface area contributed by atoms with Gasteiger partial charge in [-0.2, -0.15) is 0 Å². The van der Waals surface area contributed by atoms with E-state index in [0.29, 0.717) is 16.3 Å². The van der Waals surface area contributed by atoms with E-state index in [1.54, 1.807) is 24.3 Å². The lowest BCUT2D eigenvalue weighted by Crippen LogP contribution is -2.29. The summed E-state index contributed by atoms with van der Waals surface area (Å²) in [7, 11) is 0. The maximum Gasteiger partial charge on any atom is 0.269 e. The summed E-state index contributed by atoms with van der Waals surface area (Å²) in [5.74, 6) is -0.333. The summed E-state index contributed by atoms with van der Waals surface area (Å²) in [6, 6.07) is 12.1. The van der Waals surface area contributed by atoms with E-state index >= 15 is 0 Å². The SMILES string of the molecule is O=C(NNc1ccc([N+](=O)[O-])cc1)c1ccc(Cl)cc1. The van der Waals surface area contributed by atoms with Crippen molar-refractivity contribution in [2.24, 2.45) is 0 Å². The first-order valence-corrected chi connectivity index (χ1v) is 6.00. The van der Waals surface area contributed by atoms with Crippen LogP contribution in [-0.4, -0.2) is 10.8 Å². The van der Waals surface area contributed by atoms with Crippen LogP contribution >= 0.6 is 11.6 Å². The highest BCUT2D eigenvalue weighted by atomic mass is 35.5. The Morgan fingerprint density at radius 3 is 2.20 bits per heavy atom. The lowest BCUT2D eigenvalue weighted by Gasteiger charge is -2.08. The van der Waals surface area contributed by atoms with E-state index in [9.17, 15) is 14.9 Å². The first-order valence-electron chi connectivity index (χ1n) is 5.62. The Kier molecular flexibility index (Phi) is 4.17. The number of carbonyl (C=O) groups is 1. The highest BCUT2D eigenvalue weighted by molar-refractivity contribution is 6.30. The molecule has 0 heterocycles. The molecule has 0 aliphatic rings. The van der Waals surface area contributed by atoms with Gasteiger partial charge in [0.2, 0.25) is 0 Å². The summed E-state index contributed by atoms with van der Waals surface area (Å²) in [5.41, 5.74) is 6.12. The fourth-order valence-corrected chi connectivity index (χ4v) is 1.59. The molecule has 0 bridgehead atoms. The van der Waals surface area contributed by atoms with Crippen LogP contribution in [0.1, 0.15) is 10.4 Å². The standard InChI is InChI=1S/C13H10ClN3O3/c14-10-3-1-9(2-4-10)13(18)16-15-11-5-7-12(8-6-11)17(19)20/h1-8,15H,(H,16,18). The van der Waals surface area contributed by atoms with Crippen LogP contribution in [0.2, 0.25) is 5.02 Å². The Morgan fingerprint density at radius 1 is 1.05 bits per heavy atom. The molecule has 0 saturated heterocycles. The van der Waals surface area contributed by atoms with Gasteiger partial charge in [0.05, 0.1) is 10.6 Å². The molecule has 0 saturated carbocycles. The minimum atomic E-state index is -0.490. The van der Waals surface area contributed by atoms with Crippen molar-refractivity contribution in [1.29, 1.82) is 0 Å². The van der Waals surface area contributed by atoms with E-state index in [0.717, 1.165) is 0 Å². The van der Waals surface area contributed by atoms with Gasteiger partial charge in [-0.05, 0) is 36.4 Å². The van der Waals surface area contributed by atoms with Gasteiger partial charge in [-0.15, -0.1) is 0 Å². The van der Waals surface area contributed by atoms with Gasteiger partial charge < -0.3 is 0 Å². The van der Waals surface area contributed by atoms with Gasteiger partial charge in [-0.3, -0.25) is 25.8 Å². The van der Waals surface area contributed by atoms with Crippen molar-refractivity contribution >= 4 is 28.9 Å². The van der Waals surface area contributed by atoms with Crippen molar-refractivity contribution < 1.29 is 9.72 Å². The lowest BCUT2D eigenvalue weighted by atomic mass is 10.2. The van der Waals surface area contributed by atoms with Crippen molar-refractivity contribution in [3.05, 3.63) is 69.2 Å². The third kappa shape index (κ3) is 3.46. The van der Waals surface area contributed by atoms with Crippen LogP contribution < -0.4 is 10.9 Å². The number of carbonyl (C=O) groups excluding carboxylic acids is 1. The smallest absolute Gasteiger partial charge is 0.269 e. The Bertz CT molecular complexity index is 626. The molecule has 0 fully saturated rings. The Balaban J connectivity index is 1.96. The summed E-state index contributed by atoms with van der Waals surface area (Å²) < 4.78 is 0. The van der Waals surface area contributed by atoms with E-state index in [1.165, 1.54) is 24.3 Å². The number of nitro benzene ring substituents is 1. The monoisotopic (exact) mass is 291 g/mol. The van der Waals surface area contributed by atoms with Crippen LogP contribution in [0.5, 0.6) is 0 Å². The molecule has 102 valence electrons. The predicted molar refractivity (Wildman–Crippen MR) is 75.6 cm³/mol. The molecular formula is C13H10ClN3O3. The van der Waals surface area contributed by atoms with Crippen LogP contribution in [0.15, 0.2) is 48.5 Å². The zero-order valence-electron chi connectivity index (χ0n) is 10.2. The van der Waals surface area contributed by atoms with Crippen molar-refractivity contribution in [2.75, 3.05) is 5.43 Å².